The van der Waals surface area contributed by atoms with Gasteiger partial charge in [-0.1, -0.05) is 12.1 Å². The van der Waals surface area contributed by atoms with Gasteiger partial charge < -0.3 is 0 Å². The van der Waals surface area contributed by atoms with Gasteiger partial charge in [-0.3, -0.25) is 19.7 Å². The number of aromatic nitrogens is 1. The zero-order valence-corrected chi connectivity index (χ0v) is 11.3. The lowest BCUT2D eigenvalue weighted by molar-refractivity contribution is -0.384. The van der Waals surface area contributed by atoms with E-state index in [1.807, 2.05) is 0 Å². The molecule has 104 valence electrons. The van der Waals surface area contributed by atoms with Crippen molar-refractivity contribution in [2.75, 3.05) is 6.61 Å². The second-order valence-electron chi connectivity index (χ2n) is 3.71. The molecule has 0 atom stereocenters. The Morgan fingerprint density at radius 2 is 2.35 bits per heavy atom. The Hall–Kier alpha value is -2.32. The number of hydrogen-bond acceptors (Lipinski definition) is 6. The second-order valence-corrected chi connectivity index (χ2v) is 4.57. The summed E-state index contributed by atoms with van der Waals surface area (Å²) in [6.45, 7) is 2.10. The summed E-state index contributed by atoms with van der Waals surface area (Å²) in [4.78, 5) is 30.8. The molecular formula is C12H11N3O4S. The van der Waals surface area contributed by atoms with E-state index in [4.69, 9.17) is 4.84 Å². The van der Waals surface area contributed by atoms with Crippen LogP contribution in [-0.4, -0.2) is 22.4 Å². The van der Waals surface area contributed by atoms with Crippen LogP contribution in [-0.2, 0) is 4.84 Å². The van der Waals surface area contributed by atoms with Gasteiger partial charge in [0.25, 0.3) is 11.6 Å². The minimum absolute atomic E-state index is 0.0157. The molecular weight excluding hydrogens is 282 g/mol. The van der Waals surface area contributed by atoms with E-state index in [1.165, 1.54) is 23.5 Å². The lowest BCUT2D eigenvalue weighted by Crippen LogP contribution is -2.23. The van der Waals surface area contributed by atoms with Crippen LogP contribution in [0, 0.1) is 10.1 Å². The number of amides is 1. The molecule has 2 rings (SSSR count). The predicted octanol–water partition coefficient (Wildman–Crippen LogP) is 2.40. The number of rotatable bonds is 5. The smallest absolute Gasteiger partial charge is 0.274 e. The largest absolute Gasteiger partial charge is 0.294 e. The number of thiazole rings is 1. The van der Waals surface area contributed by atoms with Gasteiger partial charge in [0.1, 0.15) is 10.7 Å². The van der Waals surface area contributed by atoms with Crippen LogP contribution in [0.4, 0.5) is 5.69 Å². The van der Waals surface area contributed by atoms with Crippen molar-refractivity contribution in [1.29, 1.82) is 0 Å². The molecule has 8 heteroatoms. The Morgan fingerprint density at radius 1 is 1.55 bits per heavy atom. The number of carbonyl (C=O) groups excluding carboxylic acids is 1. The molecule has 0 radical (unpaired) electrons. The fourth-order valence-corrected chi connectivity index (χ4v) is 2.25. The maximum atomic E-state index is 11.6. The number of non-ortho nitro benzene ring substituents is 1. The Bertz CT molecular complexity index is 641. The molecule has 20 heavy (non-hydrogen) atoms. The normalized spacial score (nSPS) is 10.2. The van der Waals surface area contributed by atoms with Crippen molar-refractivity contribution < 1.29 is 14.6 Å². The molecule has 0 aliphatic heterocycles. The van der Waals surface area contributed by atoms with E-state index in [-0.39, 0.29) is 11.4 Å². The van der Waals surface area contributed by atoms with Crippen LogP contribution >= 0.6 is 11.3 Å². The van der Waals surface area contributed by atoms with Crippen LogP contribution in [0.15, 0.2) is 29.6 Å². The van der Waals surface area contributed by atoms with Gasteiger partial charge in [-0.25, -0.2) is 10.5 Å². The fourth-order valence-electron chi connectivity index (χ4n) is 1.45. The van der Waals surface area contributed by atoms with Crippen molar-refractivity contribution in [1.82, 2.24) is 10.5 Å². The molecule has 2 aromatic rings. The summed E-state index contributed by atoms with van der Waals surface area (Å²) >= 11 is 1.23. The van der Waals surface area contributed by atoms with Crippen molar-refractivity contribution in [2.45, 2.75) is 6.92 Å². The van der Waals surface area contributed by atoms with Crippen molar-refractivity contribution in [2.24, 2.45) is 0 Å². The van der Waals surface area contributed by atoms with E-state index in [0.717, 1.165) is 0 Å². The van der Waals surface area contributed by atoms with E-state index >= 15 is 0 Å². The van der Waals surface area contributed by atoms with E-state index in [1.54, 1.807) is 24.4 Å². The van der Waals surface area contributed by atoms with Gasteiger partial charge in [0.2, 0.25) is 0 Å². The summed E-state index contributed by atoms with van der Waals surface area (Å²) < 4.78 is 0. The molecule has 7 nitrogen and oxygen atoms in total. The van der Waals surface area contributed by atoms with Gasteiger partial charge in [-0.2, -0.15) is 0 Å². The number of nitrogens with zero attached hydrogens (tertiary/aromatic N) is 2. The maximum Gasteiger partial charge on any atom is 0.294 e. The van der Waals surface area contributed by atoms with Gasteiger partial charge in [0.15, 0.2) is 0 Å². The minimum atomic E-state index is -0.472. The van der Waals surface area contributed by atoms with E-state index in [0.29, 0.717) is 17.2 Å². The van der Waals surface area contributed by atoms with Crippen LogP contribution in [0.25, 0.3) is 10.6 Å². The molecule has 1 aromatic carbocycles. The minimum Gasteiger partial charge on any atom is -0.274 e. The molecule has 0 saturated heterocycles. The summed E-state index contributed by atoms with van der Waals surface area (Å²) in [6.07, 6.45) is 0. The average molecular weight is 293 g/mol. The summed E-state index contributed by atoms with van der Waals surface area (Å²) in [5, 5.41) is 12.8. The molecule has 0 fully saturated rings. The third-order valence-electron chi connectivity index (χ3n) is 2.35. The highest BCUT2D eigenvalue weighted by Gasteiger charge is 2.13. The molecule has 1 N–H and O–H groups in total. The molecule has 0 aliphatic carbocycles. The standard InChI is InChI=1S/C12H11N3O4S/c1-2-19-14-11(16)10-7-20-12(13-10)8-4-3-5-9(6-8)15(17)18/h3-7H,2H2,1H3,(H,14,16). The van der Waals surface area contributed by atoms with Crippen LogP contribution in [0.1, 0.15) is 17.4 Å². The van der Waals surface area contributed by atoms with Gasteiger partial charge in [0.05, 0.1) is 11.5 Å². The first-order valence-electron chi connectivity index (χ1n) is 5.74. The summed E-state index contributed by atoms with van der Waals surface area (Å²) in [5.41, 5.74) is 3.03. The Kier molecular flexibility index (Phi) is 4.38. The third-order valence-corrected chi connectivity index (χ3v) is 3.24. The number of hydroxylamine groups is 1. The molecule has 0 saturated carbocycles. The summed E-state index contributed by atoms with van der Waals surface area (Å²) in [7, 11) is 0. The van der Waals surface area contributed by atoms with Crippen LogP contribution < -0.4 is 5.48 Å². The topological polar surface area (TPSA) is 94.4 Å². The number of benzene rings is 1. The number of carbonyl (C=O) groups is 1. The Balaban J connectivity index is 2.22. The predicted molar refractivity (Wildman–Crippen MR) is 73.3 cm³/mol. The summed E-state index contributed by atoms with van der Waals surface area (Å²) in [6, 6.07) is 6.10. The van der Waals surface area contributed by atoms with Crippen LogP contribution in [0.3, 0.4) is 0 Å². The van der Waals surface area contributed by atoms with E-state index in [9.17, 15) is 14.9 Å². The first kappa shape index (κ1) is 14.1. The van der Waals surface area contributed by atoms with Crippen molar-refractivity contribution in [3.8, 4) is 10.6 Å². The first-order valence-corrected chi connectivity index (χ1v) is 6.62. The molecule has 0 aliphatic rings. The van der Waals surface area contributed by atoms with Gasteiger partial charge in [-0.15, -0.1) is 11.3 Å². The summed E-state index contributed by atoms with van der Waals surface area (Å²) in [5.74, 6) is -0.445. The average Bonchev–Trinajstić information content (AvgIpc) is 2.94. The highest BCUT2D eigenvalue weighted by atomic mass is 32.1. The monoisotopic (exact) mass is 293 g/mol. The van der Waals surface area contributed by atoms with Crippen molar-refractivity contribution in [3.63, 3.8) is 0 Å². The lowest BCUT2D eigenvalue weighted by atomic mass is 10.2. The van der Waals surface area contributed by atoms with Crippen LogP contribution in [0.2, 0.25) is 0 Å². The lowest BCUT2D eigenvalue weighted by Gasteiger charge is -2.00. The molecule has 0 unspecified atom stereocenters. The molecule has 1 amide bonds. The van der Waals surface area contributed by atoms with Gasteiger partial charge in [0, 0.05) is 23.1 Å². The fraction of sp³-hybridized carbons (Fsp3) is 0.167. The first-order chi connectivity index (χ1) is 9.61. The number of nitro benzene ring substituents is 1. The maximum absolute atomic E-state index is 11.6. The number of nitro groups is 1. The molecule has 1 aromatic heterocycles. The molecule has 0 spiro atoms. The van der Waals surface area contributed by atoms with Crippen molar-refractivity contribution >= 4 is 22.9 Å². The highest BCUT2D eigenvalue weighted by Crippen LogP contribution is 2.26. The molecule has 1 heterocycles. The van der Waals surface area contributed by atoms with E-state index in [2.05, 4.69) is 10.5 Å². The van der Waals surface area contributed by atoms with Gasteiger partial charge in [-0.05, 0) is 6.92 Å². The van der Waals surface area contributed by atoms with E-state index < -0.39 is 10.8 Å². The van der Waals surface area contributed by atoms with Gasteiger partial charge >= 0.3 is 0 Å². The van der Waals surface area contributed by atoms with Crippen molar-refractivity contribution in [3.05, 3.63) is 45.5 Å². The highest BCUT2D eigenvalue weighted by molar-refractivity contribution is 7.13. The van der Waals surface area contributed by atoms with Crippen LogP contribution in [0.5, 0.6) is 0 Å². The zero-order valence-electron chi connectivity index (χ0n) is 10.5. The zero-order chi connectivity index (χ0) is 14.5. The number of hydrogen-bond donors (Lipinski definition) is 1. The quantitative estimate of drug-likeness (QED) is 0.674. The SMILES string of the molecule is CCONC(=O)c1csc(-c2cccc([N+](=O)[O-])c2)n1. The third kappa shape index (κ3) is 3.16. The Labute approximate surface area is 118 Å². The Morgan fingerprint density at radius 3 is 3.05 bits per heavy atom. The molecule has 0 bridgehead atoms. The number of nitrogens with one attached hydrogen (secondary N) is 1. The second kappa shape index (κ2) is 6.22.